The molecular weight excluding hydrogens is 298 g/mol. The Morgan fingerprint density at radius 3 is 2.39 bits per heavy atom. The third kappa shape index (κ3) is 2.98. The smallest absolute Gasteiger partial charge is 0.306 e. The first-order valence-electron chi connectivity index (χ1n) is 6.01. The monoisotopic (exact) mass is 313 g/mol. The molecule has 0 aromatic carbocycles. The zero-order valence-electron chi connectivity index (χ0n) is 10.2. The maximum Gasteiger partial charge on any atom is 0.306 e. The standard InChI is InChI=1S/C12H16BrN3O2/c1-16(12-14-6-9(13)7-15-12)10-4-2-8(3-5-10)11(17)18/h6-8,10H,2-5H2,1H3,(H,17,18). The summed E-state index contributed by atoms with van der Waals surface area (Å²) in [6, 6.07) is 0.335. The molecule has 1 aliphatic carbocycles. The summed E-state index contributed by atoms with van der Waals surface area (Å²) < 4.78 is 0.856. The van der Waals surface area contributed by atoms with E-state index in [-0.39, 0.29) is 5.92 Å². The van der Waals surface area contributed by atoms with Crippen molar-refractivity contribution in [2.75, 3.05) is 11.9 Å². The molecule has 0 unspecified atom stereocenters. The van der Waals surface area contributed by atoms with E-state index >= 15 is 0 Å². The fourth-order valence-corrected chi connectivity index (χ4v) is 2.57. The minimum absolute atomic E-state index is 0.180. The van der Waals surface area contributed by atoms with E-state index in [2.05, 4.69) is 25.9 Å². The van der Waals surface area contributed by atoms with Crippen LogP contribution in [0.15, 0.2) is 16.9 Å². The number of aromatic nitrogens is 2. The minimum atomic E-state index is -0.670. The molecule has 1 N–H and O–H groups in total. The van der Waals surface area contributed by atoms with E-state index in [9.17, 15) is 4.79 Å². The number of anilines is 1. The lowest BCUT2D eigenvalue weighted by Gasteiger charge is -2.33. The van der Waals surface area contributed by atoms with Crippen LogP contribution in [-0.2, 0) is 4.79 Å². The van der Waals surface area contributed by atoms with Crippen molar-refractivity contribution in [3.05, 3.63) is 16.9 Å². The second-order valence-electron chi connectivity index (χ2n) is 4.66. The molecule has 1 aromatic heterocycles. The quantitative estimate of drug-likeness (QED) is 0.927. The fourth-order valence-electron chi connectivity index (χ4n) is 2.36. The number of hydrogen-bond acceptors (Lipinski definition) is 4. The van der Waals surface area contributed by atoms with Crippen LogP contribution in [0.25, 0.3) is 0 Å². The van der Waals surface area contributed by atoms with Crippen LogP contribution in [0.5, 0.6) is 0 Å². The van der Waals surface area contributed by atoms with Gasteiger partial charge in [0.25, 0.3) is 0 Å². The van der Waals surface area contributed by atoms with Gasteiger partial charge in [0.2, 0.25) is 5.95 Å². The van der Waals surface area contributed by atoms with Crippen molar-refractivity contribution < 1.29 is 9.90 Å². The van der Waals surface area contributed by atoms with Crippen LogP contribution in [0.1, 0.15) is 25.7 Å². The third-order valence-electron chi connectivity index (χ3n) is 3.52. The summed E-state index contributed by atoms with van der Waals surface area (Å²) in [5.41, 5.74) is 0. The molecule has 0 bridgehead atoms. The van der Waals surface area contributed by atoms with Crippen molar-refractivity contribution in [2.45, 2.75) is 31.7 Å². The van der Waals surface area contributed by atoms with Crippen LogP contribution in [0.3, 0.4) is 0 Å². The van der Waals surface area contributed by atoms with Crippen LogP contribution >= 0.6 is 15.9 Å². The van der Waals surface area contributed by atoms with E-state index in [1.165, 1.54) is 0 Å². The van der Waals surface area contributed by atoms with Gasteiger partial charge in [0.05, 0.1) is 10.4 Å². The number of halogens is 1. The number of carbonyl (C=O) groups is 1. The van der Waals surface area contributed by atoms with Gasteiger partial charge in [-0.05, 0) is 41.6 Å². The first-order valence-corrected chi connectivity index (χ1v) is 6.80. The molecule has 2 rings (SSSR count). The molecular formula is C12H16BrN3O2. The highest BCUT2D eigenvalue weighted by Gasteiger charge is 2.28. The van der Waals surface area contributed by atoms with Gasteiger partial charge in [-0.15, -0.1) is 0 Å². The van der Waals surface area contributed by atoms with E-state index in [0.717, 1.165) is 30.2 Å². The second-order valence-corrected chi connectivity index (χ2v) is 5.57. The molecule has 5 nitrogen and oxygen atoms in total. The van der Waals surface area contributed by atoms with Gasteiger partial charge in [0.1, 0.15) is 0 Å². The van der Waals surface area contributed by atoms with Crippen molar-refractivity contribution in [2.24, 2.45) is 5.92 Å². The summed E-state index contributed by atoms with van der Waals surface area (Å²) in [6.45, 7) is 0. The molecule has 1 saturated carbocycles. The van der Waals surface area contributed by atoms with Gasteiger partial charge >= 0.3 is 5.97 Å². The molecule has 1 fully saturated rings. The van der Waals surface area contributed by atoms with Gasteiger partial charge < -0.3 is 10.0 Å². The van der Waals surface area contributed by atoms with E-state index in [4.69, 9.17) is 5.11 Å². The van der Waals surface area contributed by atoms with Gasteiger partial charge in [0, 0.05) is 25.5 Å². The Morgan fingerprint density at radius 2 is 1.89 bits per heavy atom. The Bertz CT molecular complexity index is 416. The second kappa shape index (κ2) is 5.65. The van der Waals surface area contributed by atoms with Crippen molar-refractivity contribution in [1.29, 1.82) is 0 Å². The average Bonchev–Trinajstić information content (AvgIpc) is 2.39. The molecule has 98 valence electrons. The molecule has 1 heterocycles. The molecule has 0 aliphatic heterocycles. The zero-order chi connectivity index (χ0) is 13.1. The van der Waals surface area contributed by atoms with Crippen LogP contribution in [0, 0.1) is 5.92 Å². The molecule has 0 spiro atoms. The van der Waals surface area contributed by atoms with Crippen molar-refractivity contribution in [3.63, 3.8) is 0 Å². The van der Waals surface area contributed by atoms with E-state index < -0.39 is 5.97 Å². The molecule has 0 amide bonds. The Balaban J connectivity index is 1.97. The highest BCUT2D eigenvalue weighted by atomic mass is 79.9. The van der Waals surface area contributed by atoms with Crippen LogP contribution in [-0.4, -0.2) is 34.1 Å². The highest BCUT2D eigenvalue weighted by Crippen LogP contribution is 2.28. The van der Waals surface area contributed by atoms with Crippen molar-refractivity contribution in [3.8, 4) is 0 Å². The maximum atomic E-state index is 10.9. The number of nitrogens with zero attached hydrogens (tertiary/aromatic N) is 3. The van der Waals surface area contributed by atoms with Crippen LogP contribution in [0.4, 0.5) is 5.95 Å². The Hall–Kier alpha value is -1.17. The zero-order valence-corrected chi connectivity index (χ0v) is 11.8. The predicted molar refractivity (Wildman–Crippen MR) is 71.5 cm³/mol. The lowest BCUT2D eigenvalue weighted by Crippen LogP contribution is -2.37. The van der Waals surface area contributed by atoms with E-state index in [1.807, 2.05) is 11.9 Å². The molecule has 18 heavy (non-hydrogen) atoms. The van der Waals surface area contributed by atoms with Crippen LogP contribution in [0.2, 0.25) is 0 Å². The first kappa shape index (κ1) is 13.3. The number of rotatable bonds is 3. The number of carboxylic acid groups (broad SMARTS) is 1. The van der Waals surface area contributed by atoms with Gasteiger partial charge in [-0.2, -0.15) is 0 Å². The molecule has 1 aliphatic rings. The molecule has 1 aromatic rings. The van der Waals surface area contributed by atoms with Gasteiger partial charge in [-0.3, -0.25) is 4.79 Å². The van der Waals surface area contributed by atoms with Gasteiger partial charge in [0.15, 0.2) is 0 Å². The van der Waals surface area contributed by atoms with Gasteiger partial charge in [-0.25, -0.2) is 9.97 Å². The largest absolute Gasteiger partial charge is 0.481 e. The summed E-state index contributed by atoms with van der Waals surface area (Å²) in [5.74, 6) is -0.159. The lowest BCUT2D eigenvalue weighted by atomic mass is 9.85. The summed E-state index contributed by atoms with van der Waals surface area (Å²) in [7, 11) is 1.97. The van der Waals surface area contributed by atoms with Crippen molar-refractivity contribution in [1.82, 2.24) is 9.97 Å². The van der Waals surface area contributed by atoms with Crippen LogP contribution < -0.4 is 4.90 Å². The third-order valence-corrected chi connectivity index (χ3v) is 3.93. The van der Waals surface area contributed by atoms with Gasteiger partial charge in [-0.1, -0.05) is 0 Å². The highest BCUT2D eigenvalue weighted by molar-refractivity contribution is 9.10. The topological polar surface area (TPSA) is 66.3 Å². The lowest BCUT2D eigenvalue weighted by molar-refractivity contribution is -0.142. The summed E-state index contributed by atoms with van der Waals surface area (Å²) in [6.07, 6.45) is 6.69. The fraction of sp³-hybridized carbons (Fsp3) is 0.583. The van der Waals surface area contributed by atoms with Crippen molar-refractivity contribution >= 4 is 27.8 Å². The summed E-state index contributed by atoms with van der Waals surface area (Å²) in [5, 5.41) is 8.97. The minimum Gasteiger partial charge on any atom is -0.481 e. The first-order chi connectivity index (χ1) is 8.58. The SMILES string of the molecule is CN(c1ncc(Br)cn1)C1CCC(C(=O)O)CC1. The molecule has 0 atom stereocenters. The Kier molecular flexibility index (Phi) is 4.16. The predicted octanol–water partition coefficient (Wildman–Crippen LogP) is 2.32. The maximum absolute atomic E-state index is 10.9. The number of hydrogen-bond donors (Lipinski definition) is 1. The average molecular weight is 314 g/mol. The molecule has 0 radical (unpaired) electrons. The van der Waals surface area contributed by atoms with E-state index in [1.54, 1.807) is 12.4 Å². The van der Waals surface area contributed by atoms with E-state index in [0.29, 0.717) is 12.0 Å². The summed E-state index contributed by atoms with van der Waals surface area (Å²) >= 11 is 3.31. The number of carboxylic acids is 1. The number of aliphatic carboxylic acids is 1. The molecule has 0 saturated heterocycles. The molecule has 6 heteroatoms. The summed E-state index contributed by atoms with van der Waals surface area (Å²) in [4.78, 5) is 21.5. The normalized spacial score (nSPS) is 23.7. The Morgan fingerprint density at radius 1 is 1.33 bits per heavy atom. The Labute approximate surface area is 114 Å².